The van der Waals surface area contributed by atoms with Gasteiger partial charge in [0.25, 0.3) is 0 Å². The average molecular weight is 315 g/mol. The summed E-state index contributed by atoms with van der Waals surface area (Å²) in [5.74, 6) is 0.0446. The highest BCUT2D eigenvalue weighted by molar-refractivity contribution is 6.04. The number of aromatic nitrogens is 1. The van der Waals surface area contributed by atoms with E-state index in [-0.39, 0.29) is 17.3 Å². The van der Waals surface area contributed by atoms with Gasteiger partial charge in [0.1, 0.15) is 11.9 Å². The molecular formula is C15H17N5O3. The van der Waals surface area contributed by atoms with E-state index in [1.54, 1.807) is 29.2 Å². The predicted molar refractivity (Wildman–Crippen MR) is 86.6 cm³/mol. The molecule has 0 amide bonds. The molecule has 1 aliphatic heterocycles. The number of para-hydroxylation sites is 1. The predicted octanol–water partition coefficient (Wildman–Crippen LogP) is 1.95. The topological polar surface area (TPSA) is 115 Å². The number of anilines is 1. The van der Waals surface area contributed by atoms with Crippen molar-refractivity contribution in [2.45, 2.75) is 18.9 Å². The molecule has 3 rings (SSSR count). The van der Waals surface area contributed by atoms with E-state index in [0.717, 1.165) is 6.42 Å². The van der Waals surface area contributed by atoms with Crippen LogP contribution >= 0.6 is 0 Å². The molecule has 1 unspecified atom stereocenters. The molecule has 0 saturated carbocycles. The number of guanidine groups is 1. The first kappa shape index (κ1) is 15.2. The fraction of sp³-hybridized carbons (Fsp3) is 0.333. The van der Waals surface area contributed by atoms with Crippen molar-refractivity contribution in [3.8, 4) is 0 Å². The van der Waals surface area contributed by atoms with E-state index in [0.29, 0.717) is 30.4 Å². The van der Waals surface area contributed by atoms with Gasteiger partial charge in [0.15, 0.2) is 5.96 Å². The Kier molecular flexibility index (Phi) is 4.07. The monoisotopic (exact) mass is 315 g/mol. The molecule has 1 aromatic heterocycles. The van der Waals surface area contributed by atoms with Crippen LogP contribution in [0.2, 0.25) is 0 Å². The van der Waals surface area contributed by atoms with Crippen molar-refractivity contribution in [1.29, 1.82) is 5.41 Å². The summed E-state index contributed by atoms with van der Waals surface area (Å²) in [5.41, 5.74) is 0.698. The van der Waals surface area contributed by atoms with Crippen molar-refractivity contribution in [3.63, 3.8) is 0 Å². The second kappa shape index (κ2) is 6.17. The van der Waals surface area contributed by atoms with Gasteiger partial charge >= 0.3 is 5.69 Å². The van der Waals surface area contributed by atoms with Crippen LogP contribution in [-0.2, 0) is 0 Å². The number of aliphatic hydroxyl groups excluding tert-OH is 1. The average Bonchev–Trinajstić information content (AvgIpc) is 2.54. The Bertz CT molecular complexity index is 764. The van der Waals surface area contributed by atoms with Crippen LogP contribution in [0, 0.1) is 15.5 Å². The quantitative estimate of drug-likeness (QED) is 0.337. The lowest BCUT2D eigenvalue weighted by Crippen LogP contribution is -2.44. The number of hydrogen-bond acceptors (Lipinski definition) is 5. The summed E-state index contributed by atoms with van der Waals surface area (Å²) in [6.07, 6.45) is 2.21. The number of hydrogen-bond donors (Lipinski definition) is 3. The van der Waals surface area contributed by atoms with E-state index < -0.39 is 11.0 Å². The number of nitrogens with one attached hydrogen (secondary N) is 2. The number of benzene rings is 1. The Balaban J connectivity index is 1.96. The molecule has 1 fully saturated rings. The molecule has 0 aliphatic carbocycles. The summed E-state index contributed by atoms with van der Waals surface area (Å²) in [5, 5.41) is 32.6. The van der Waals surface area contributed by atoms with Crippen LogP contribution in [0.3, 0.4) is 0 Å². The number of nitrogens with zero attached hydrogens (tertiary/aromatic N) is 3. The minimum absolute atomic E-state index is 0.0446. The molecule has 0 spiro atoms. The van der Waals surface area contributed by atoms with E-state index in [9.17, 15) is 15.2 Å². The van der Waals surface area contributed by atoms with Crippen LogP contribution in [0.15, 0.2) is 30.5 Å². The number of β-amino-alcohol motifs (C(OH)–C–C–N with tert-alkyl or cyclic N) is 1. The number of rotatable bonds is 2. The van der Waals surface area contributed by atoms with E-state index in [2.05, 4.69) is 10.3 Å². The lowest BCUT2D eigenvalue weighted by Gasteiger charge is -2.32. The zero-order chi connectivity index (χ0) is 16.4. The zero-order valence-electron chi connectivity index (χ0n) is 12.4. The van der Waals surface area contributed by atoms with Gasteiger partial charge < -0.3 is 15.3 Å². The summed E-state index contributed by atoms with van der Waals surface area (Å²) in [6, 6.07) is 7.07. The zero-order valence-corrected chi connectivity index (χ0v) is 12.4. The van der Waals surface area contributed by atoms with Crippen molar-refractivity contribution in [3.05, 3.63) is 40.6 Å². The number of pyridine rings is 1. The van der Waals surface area contributed by atoms with Crippen LogP contribution in [0.1, 0.15) is 12.8 Å². The van der Waals surface area contributed by atoms with Crippen molar-refractivity contribution in [1.82, 2.24) is 9.88 Å². The van der Waals surface area contributed by atoms with Gasteiger partial charge in [0.2, 0.25) is 0 Å². The third-order valence-electron chi connectivity index (χ3n) is 3.91. The van der Waals surface area contributed by atoms with Gasteiger partial charge in [-0.25, -0.2) is 4.98 Å². The van der Waals surface area contributed by atoms with Gasteiger partial charge in [-0.05, 0) is 18.9 Å². The number of piperidine rings is 1. The van der Waals surface area contributed by atoms with Gasteiger partial charge in [0, 0.05) is 18.5 Å². The summed E-state index contributed by atoms with van der Waals surface area (Å²) in [4.78, 5) is 16.5. The summed E-state index contributed by atoms with van der Waals surface area (Å²) in [6.45, 7) is 0.988. The Morgan fingerprint density at radius 1 is 1.48 bits per heavy atom. The molecule has 1 aromatic carbocycles. The Morgan fingerprint density at radius 2 is 2.26 bits per heavy atom. The van der Waals surface area contributed by atoms with Gasteiger partial charge in [0.05, 0.1) is 16.5 Å². The first-order valence-electron chi connectivity index (χ1n) is 7.37. The van der Waals surface area contributed by atoms with Crippen LogP contribution in [0.4, 0.5) is 11.4 Å². The highest BCUT2D eigenvalue weighted by Crippen LogP contribution is 2.31. The molecule has 8 heteroatoms. The third-order valence-corrected chi connectivity index (χ3v) is 3.91. The minimum Gasteiger partial charge on any atom is -0.391 e. The summed E-state index contributed by atoms with van der Waals surface area (Å²) in [7, 11) is 0. The van der Waals surface area contributed by atoms with E-state index in [1.807, 2.05) is 0 Å². The van der Waals surface area contributed by atoms with Crippen molar-refractivity contribution < 1.29 is 10.0 Å². The number of fused-ring (bicyclic) bond motifs is 1. The first-order chi connectivity index (χ1) is 11.1. The molecule has 1 atom stereocenters. The van der Waals surface area contributed by atoms with Crippen molar-refractivity contribution in [2.24, 2.45) is 0 Å². The molecule has 23 heavy (non-hydrogen) atoms. The fourth-order valence-corrected chi connectivity index (χ4v) is 2.76. The normalized spacial score (nSPS) is 18.0. The third kappa shape index (κ3) is 3.07. The van der Waals surface area contributed by atoms with Crippen molar-refractivity contribution >= 4 is 28.2 Å². The minimum atomic E-state index is -0.514. The van der Waals surface area contributed by atoms with E-state index in [4.69, 9.17) is 5.41 Å². The number of nitro groups is 1. The fourth-order valence-electron chi connectivity index (χ4n) is 2.76. The highest BCUT2D eigenvalue weighted by Gasteiger charge is 2.24. The lowest BCUT2D eigenvalue weighted by molar-refractivity contribution is -0.384. The second-order valence-corrected chi connectivity index (χ2v) is 5.51. The second-order valence-electron chi connectivity index (χ2n) is 5.51. The van der Waals surface area contributed by atoms with Gasteiger partial charge in [-0.3, -0.25) is 15.5 Å². The molecule has 2 heterocycles. The van der Waals surface area contributed by atoms with E-state index in [1.165, 1.54) is 6.20 Å². The lowest BCUT2D eigenvalue weighted by atomic mass is 10.1. The molecule has 0 bridgehead atoms. The molecule has 120 valence electrons. The summed E-state index contributed by atoms with van der Waals surface area (Å²) >= 11 is 0. The molecule has 1 saturated heterocycles. The first-order valence-corrected chi connectivity index (χ1v) is 7.37. The molecule has 8 nitrogen and oxygen atoms in total. The van der Waals surface area contributed by atoms with E-state index >= 15 is 0 Å². The maximum absolute atomic E-state index is 11.3. The molecule has 3 N–H and O–H groups in total. The Morgan fingerprint density at radius 3 is 3.00 bits per heavy atom. The van der Waals surface area contributed by atoms with Crippen LogP contribution in [0.25, 0.3) is 10.9 Å². The van der Waals surface area contributed by atoms with Gasteiger partial charge in [-0.15, -0.1) is 0 Å². The maximum Gasteiger partial charge on any atom is 0.311 e. The highest BCUT2D eigenvalue weighted by atomic mass is 16.6. The molecule has 0 radical (unpaired) electrons. The van der Waals surface area contributed by atoms with Crippen LogP contribution in [0.5, 0.6) is 0 Å². The molecule has 1 aliphatic rings. The standard InChI is InChI=1S/C15H17N5O3/c16-15(19-7-3-4-10(21)9-19)18-14-11-5-1-2-6-12(11)17-8-13(14)20(22)23/h1-2,5-6,8,10,21H,3-4,7,9H2,(H2,16,17,18). The Hall–Kier alpha value is -2.74. The number of aliphatic hydroxyl groups is 1. The molecular weight excluding hydrogens is 298 g/mol. The SMILES string of the molecule is N=C(Nc1c([N+](=O)[O-])cnc2ccccc12)N1CCCC(O)C1. The Labute approximate surface area is 132 Å². The van der Waals surface area contributed by atoms with Gasteiger partial charge in [-0.1, -0.05) is 18.2 Å². The van der Waals surface area contributed by atoms with Crippen molar-refractivity contribution in [2.75, 3.05) is 18.4 Å². The van der Waals surface area contributed by atoms with Crippen LogP contribution in [-0.4, -0.2) is 45.1 Å². The largest absolute Gasteiger partial charge is 0.391 e. The van der Waals surface area contributed by atoms with Crippen LogP contribution < -0.4 is 5.32 Å². The smallest absolute Gasteiger partial charge is 0.311 e. The number of likely N-dealkylation sites (tertiary alicyclic amines) is 1. The summed E-state index contributed by atoms with van der Waals surface area (Å²) < 4.78 is 0. The maximum atomic E-state index is 11.3. The molecule has 2 aromatic rings. The van der Waals surface area contributed by atoms with Gasteiger partial charge in [-0.2, -0.15) is 0 Å².